The fraction of sp³-hybridized carbons (Fsp3) is 0.143. The van der Waals surface area contributed by atoms with E-state index in [1.54, 1.807) is 0 Å². The first-order chi connectivity index (χ1) is 17.1. The van der Waals surface area contributed by atoms with Gasteiger partial charge in [0.05, 0.1) is 28.6 Å². The molecule has 1 fully saturated rings. The highest BCUT2D eigenvalue weighted by molar-refractivity contribution is 6.25. The van der Waals surface area contributed by atoms with Crippen LogP contribution in [0.5, 0.6) is 0 Å². The zero-order valence-electron chi connectivity index (χ0n) is 19.0. The second kappa shape index (κ2) is 8.26. The van der Waals surface area contributed by atoms with Gasteiger partial charge < -0.3 is 15.5 Å². The average Bonchev–Trinajstić information content (AvgIpc) is 3.20. The van der Waals surface area contributed by atoms with Crippen molar-refractivity contribution in [1.29, 1.82) is 5.26 Å². The van der Waals surface area contributed by atoms with Gasteiger partial charge in [0.25, 0.3) is 0 Å². The Balaban J connectivity index is 1.36. The van der Waals surface area contributed by atoms with Crippen LogP contribution in [0.15, 0.2) is 72.8 Å². The van der Waals surface area contributed by atoms with Gasteiger partial charge in [0.2, 0.25) is 5.95 Å². The van der Waals surface area contributed by atoms with Crippen LogP contribution < -0.4 is 15.5 Å². The van der Waals surface area contributed by atoms with Crippen LogP contribution in [-0.2, 0) is 0 Å². The maximum atomic E-state index is 13.5. The lowest BCUT2D eigenvalue weighted by molar-refractivity contribution is 0.104. The van der Waals surface area contributed by atoms with E-state index >= 15 is 0 Å². The Bertz CT molecular complexity index is 1480. The molecule has 35 heavy (non-hydrogen) atoms. The summed E-state index contributed by atoms with van der Waals surface area (Å²) in [4.78, 5) is 27.2. The predicted octanol–water partition coefficient (Wildman–Crippen LogP) is 4.14. The van der Waals surface area contributed by atoms with E-state index in [-0.39, 0.29) is 11.7 Å². The molecule has 0 spiro atoms. The van der Waals surface area contributed by atoms with Gasteiger partial charge in [-0.25, -0.2) is 9.97 Å². The van der Waals surface area contributed by atoms with Crippen LogP contribution in [0.1, 0.15) is 21.5 Å². The van der Waals surface area contributed by atoms with Crippen LogP contribution in [-0.4, -0.2) is 41.9 Å². The van der Waals surface area contributed by atoms with Gasteiger partial charge in [-0.2, -0.15) is 5.26 Å². The lowest BCUT2D eigenvalue weighted by Crippen LogP contribution is -2.46. The first kappa shape index (κ1) is 20.9. The Kier molecular flexibility index (Phi) is 4.93. The summed E-state index contributed by atoms with van der Waals surface area (Å²) in [5.41, 5.74) is 12.9. The topological polar surface area (TPSA) is 99.1 Å². The number of nitrogens with zero attached hydrogens (tertiary/aromatic N) is 5. The van der Waals surface area contributed by atoms with E-state index in [0.29, 0.717) is 28.1 Å². The molecule has 0 amide bonds. The molecule has 1 aliphatic heterocycles. The van der Waals surface area contributed by atoms with Gasteiger partial charge in [-0.15, -0.1) is 0 Å². The molecule has 3 aromatic carbocycles. The number of benzene rings is 3. The molecule has 1 saturated heterocycles. The standard InChI is InChI=1S/C28H22N6O/c29-17-18-9-11-20(12-10-18)33-13-15-34(16-14-33)22-8-4-7-21-23(22)26-24(27(21)35)25(31-28(30)32-26)19-5-2-1-3-6-19/h1-12H,13-16H2,(H2,30,31,32). The largest absolute Gasteiger partial charge is 0.368 e. The van der Waals surface area contributed by atoms with Crippen LogP contribution in [0.3, 0.4) is 0 Å². The SMILES string of the molecule is N#Cc1ccc(N2CCN(c3cccc4c3-c3nc(N)nc(-c5ccccc5)c3C4=O)CC2)cc1. The Morgan fingerprint density at radius 2 is 1.46 bits per heavy atom. The summed E-state index contributed by atoms with van der Waals surface area (Å²) in [5.74, 6) is 0.0932. The van der Waals surface area contributed by atoms with Gasteiger partial charge in [0, 0.05) is 54.2 Å². The quantitative estimate of drug-likeness (QED) is 0.434. The summed E-state index contributed by atoms with van der Waals surface area (Å²) >= 11 is 0. The van der Waals surface area contributed by atoms with Gasteiger partial charge >= 0.3 is 0 Å². The molecule has 1 aliphatic carbocycles. The molecule has 2 aliphatic rings. The maximum absolute atomic E-state index is 13.5. The highest BCUT2D eigenvalue weighted by atomic mass is 16.1. The van der Waals surface area contributed by atoms with Crippen LogP contribution in [0.25, 0.3) is 22.5 Å². The van der Waals surface area contributed by atoms with Gasteiger partial charge in [-0.3, -0.25) is 4.79 Å². The molecule has 170 valence electrons. The molecule has 0 saturated carbocycles. The highest BCUT2D eigenvalue weighted by Crippen LogP contribution is 2.45. The second-order valence-corrected chi connectivity index (χ2v) is 8.68. The fourth-order valence-corrected chi connectivity index (χ4v) is 5.01. The summed E-state index contributed by atoms with van der Waals surface area (Å²) < 4.78 is 0. The molecule has 0 atom stereocenters. The molecule has 4 aromatic rings. The van der Waals surface area contributed by atoms with Crippen LogP contribution in [0.2, 0.25) is 0 Å². The zero-order chi connectivity index (χ0) is 23.9. The van der Waals surface area contributed by atoms with Crippen LogP contribution >= 0.6 is 0 Å². The molecule has 0 bridgehead atoms. The number of carbonyl (C=O) groups excluding carboxylic acids is 1. The summed E-state index contributed by atoms with van der Waals surface area (Å²) in [6.45, 7) is 3.26. The Hall–Kier alpha value is -4.70. The smallest absolute Gasteiger partial charge is 0.221 e. The van der Waals surface area contributed by atoms with Crippen molar-refractivity contribution >= 4 is 23.1 Å². The molecule has 1 aromatic heterocycles. The first-order valence-electron chi connectivity index (χ1n) is 11.5. The molecular formula is C28H22N6O. The number of fused-ring (bicyclic) bond motifs is 3. The van der Waals surface area contributed by atoms with Crippen molar-refractivity contribution < 1.29 is 4.79 Å². The third-order valence-electron chi connectivity index (χ3n) is 6.71. The molecule has 2 N–H and O–H groups in total. The van der Waals surface area contributed by atoms with Crippen molar-refractivity contribution in [3.8, 4) is 28.6 Å². The lowest BCUT2D eigenvalue weighted by atomic mass is 10.0. The number of nitrogens with two attached hydrogens (primary N) is 1. The molecule has 6 rings (SSSR count). The molecule has 7 nitrogen and oxygen atoms in total. The van der Waals surface area contributed by atoms with Gasteiger partial charge in [0.15, 0.2) is 5.78 Å². The Morgan fingerprint density at radius 3 is 2.17 bits per heavy atom. The number of rotatable bonds is 3. The number of ketones is 1. The Labute approximate surface area is 203 Å². The van der Waals surface area contributed by atoms with Crippen molar-refractivity contribution in [2.75, 3.05) is 41.7 Å². The zero-order valence-corrected chi connectivity index (χ0v) is 19.0. The maximum Gasteiger partial charge on any atom is 0.221 e. The number of carbonyl (C=O) groups is 1. The number of nitrogen functional groups attached to an aromatic ring is 1. The van der Waals surface area contributed by atoms with Crippen LogP contribution in [0, 0.1) is 11.3 Å². The van der Waals surface area contributed by atoms with Crippen molar-refractivity contribution in [2.24, 2.45) is 0 Å². The second-order valence-electron chi connectivity index (χ2n) is 8.68. The number of anilines is 3. The van der Waals surface area contributed by atoms with Crippen molar-refractivity contribution in [3.63, 3.8) is 0 Å². The molecule has 0 unspecified atom stereocenters. The minimum Gasteiger partial charge on any atom is -0.368 e. The van der Waals surface area contributed by atoms with Gasteiger partial charge in [0.1, 0.15) is 0 Å². The van der Waals surface area contributed by atoms with E-state index in [2.05, 4.69) is 31.9 Å². The fourth-order valence-electron chi connectivity index (χ4n) is 5.01. The third-order valence-corrected chi connectivity index (χ3v) is 6.71. The minimum absolute atomic E-state index is 0.0630. The highest BCUT2D eigenvalue weighted by Gasteiger charge is 2.35. The van der Waals surface area contributed by atoms with Gasteiger partial charge in [-0.05, 0) is 30.3 Å². The summed E-state index contributed by atoms with van der Waals surface area (Å²) in [7, 11) is 0. The third kappa shape index (κ3) is 3.47. The van der Waals surface area contributed by atoms with Gasteiger partial charge in [-0.1, -0.05) is 42.5 Å². The van der Waals surface area contributed by atoms with Crippen molar-refractivity contribution in [2.45, 2.75) is 0 Å². The molecular weight excluding hydrogens is 436 g/mol. The van der Waals surface area contributed by atoms with E-state index in [1.165, 1.54) is 0 Å². The molecule has 7 heteroatoms. The number of hydrogen-bond donors (Lipinski definition) is 1. The summed E-state index contributed by atoms with van der Waals surface area (Å²) in [6, 6.07) is 25.3. The monoisotopic (exact) mass is 458 g/mol. The number of aromatic nitrogens is 2. The predicted molar refractivity (Wildman–Crippen MR) is 136 cm³/mol. The minimum atomic E-state index is -0.0630. The number of piperazine rings is 1. The lowest BCUT2D eigenvalue weighted by Gasteiger charge is -2.38. The van der Waals surface area contributed by atoms with Crippen LogP contribution in [0.4, 0.5) is 17.3 Å². The van der Waals surface area contributed by atoms with E-state index in [0.717, 1.165) is 48.7 Å². The van der Waals surface area contributed by atoms with E-state index in [1.807, 2.05) is 66.7 Å². The first-order valence-corrected chi connectivity index (χ1v) is 11.5. The number of hydrogen-bond acceptors (Lipinski definition) is 7. The molecule has 2 heterocycles. The van der Waals surface area contributed by atoms with E-state index in [9.17, 15) is 4.79 Å². The summed E-state index contributed by atoms with van der Waals surface area (Å²) in [6.07, 6.45) is 0. The van der Waals surface area contributed by atoms with Crippen molar-refractivity contribution in [3.05, 3.63) is 89.5 Å². The molecule has 0 radical (unpaired) electrons. The normalized spacial score (nSPS) is 14.4. The Morgan fingerprint density at radius 1 is 0.771 bits per heavy atom. The summed E-state index contributed by atoms with van der Waals surface area (Å²) in [5, 5.41) is 9.05. The van der Waals surface area contributed by atoms with E-state index < -0.39 is 0 Å². The average molecular weight is 459 g/mol. The van der Waals surface area contributed by atoms with E-state index in [4.69, 9.17) is 11.0 Å². The number of nitriles is 1. The van der Waals surface area contributed by atoms with Crippen molar-refractivity contribution in [1.82, 2.24) is 9.97 Å².